The van der Waals surface area contributed by atoms with Crippen LogP contribution in [0.2, 0.25) is 5.02 Å². The van der Waals surface area contributed by atoms with Gasteiger partial charge in [0.2, 0.25) is 0 Å². The zero-order chi connectivity index (χ0) is 21.5. The quantitative estimate of drug-likeness (QED) is 0.353. The van der Waals surface area contributed by atoms with Gasteiger partial charge in [-0.15, -0.1) is 0 Å². The van der Waals surface area contributed by atoms with Gasteiger partial charge in [-0.1, -0.05) is 44.1 Å². The van der Waals surface area contributed by atoms with Crippen LogP contribution in [-0.2, 0) is 6.54 Å². The first-order valence-electron chi connectivity index (χ1n) is 10.1. The third-order valence-electron chi connectivity index (χ3n) is 4.30. The highest BCUT2D eigenvalue weighted by atomic mass is 35.5. The van der Waals surface area contributed by atoms with Crippen molar-refractivity contribution in [1.29, 1.82) is 0 Å². The summed E-state index contributed by atoms with van der Waals surface area (Å²) in [5.41, 5.74) is 1.35. The van der Waals surface area contributed by atoms with E-state index in [1.165, 1.54) is 0 Å². The fourth-order valence-electron chi connectivity index (χ4n) is 2.77. The number of amides is 1. The van der Waals surface area contributed by atoms with Gasteiger partial charge >= 0.3 is 0 Å². The van der Waals surface area contributed by atoms with E-state index in [0.29, 0.717) is 29.6 Å². The van der Waals surface area contributed by atoms with Gasteiger partial charge in [-0.25, -0.2) is 14.6 Å². The van der Waals surface area contributed by atoms with Gasteiger partial charge in [0.25, 0.3) is 5.91 Å². The Bertz CT molecular complexity index is 989. The Balaban J connectivity index is 1.73. The Morgan fingerprint density at radius 2 is 2.00 bits per heavy atom. The molecule has 160 valence electrons. The van der Waals surface area contributed by atoms with Crippen molar-refractivity contribution in [2.45, 2.75) is 38.9 Å². The topological polar surface area (TPSA) is 84.7 Å². The van der Waals surface area contributed by atoms with Crippen LogP contribution < -0.4 is 10.6 Å². The monoisotopic (exact) mass is 446 g/mol. The molecule has 0 unspecified atom stereocenters. The lowest BCUT2D eigenvalue weighted by Crippen LogP contribution is -2.27. The molecule has 7 nitrogen and oxygen atoms in total. The average Bonchev–Trinajstić information content (AvgIpc) is 3.14. The van der Waals surface area contributed by atoms with Gasteiger partial charge in [0.15, 0.2) is 10.8 Å². The molecule has 0 fully saturated rings. The molecule has 0 saturated carbocycles. The van der Waals surface area contributed by atoms with Crippen LogP contribution in [-0.4, -0.2) is 44.5 Å². The number of benzene rings is 1. The lowest BCUT2D eigenvalue weighted by Gasteiger charge is -2.11. The molecule has 0 bridgehead atoms. The summed E-state index contributed by atoms with van der Waals surface area (Å²) in [7, 11) is 0. The van der Waals surface area contributed by atoms with Crippen LogP contribution >= 0.6 is 23.4 Å². The number of carbonyl (C=O) groups excluding carboxylic acids is 1. The first kappa shape index (κ1) is 22.4. The highest BCUT2D eigenvalue weighted by Crippen LogP contribution is 2.25. The van der Waals surface area contributed by atoms with Crippen molar-refractivity contribution >= 4 is 46.1 Å². The molecule has 1 amide bonds. The third kappa shape index (κ3) is 5.86. The van der Waals surface area contributed by atoms with E-state index < -0.39 is 0 Å². The highest BCUT2D eigenvalue weighted by molar-refractivity contribution is 7.99. The van der Waals surface area contributed by atoms with Gasteiger partial charge < -0.3 is 10.6 Å². The number of carbonyl (C=O) groups is 1. The molecule has 1 aromatic carbocycles. The number of thioether (sulfide) groups is 1. The molecule has 0 aliphatic carbocycles. The first-order valence-corrected chi connectivity index (χ1v) is 11.5. The van der Waals surface area contributed by atoms with Crippen LogP contribution in [0.5, 0.6) is 0 Å². The number of halogens is 1. The number of hydrogen-bond acceptors (Lipinski definition) is 6. The molecule has 3 rings (SSSR count). The lowest BCUT2D eigenvalue weighted by molar-refractivity contribution is 0.0952. The highest BCUT2D eigenvalue weighted by Gasteiger charge is 2.14. The van der Waals surface area contributed by atoms with E-state index in [9.17, 15) is 4.79 Å². The summed E-state index contributed by atoms with van der Waals surface area (Å²) < 4.78 is 1.82. The molecule has 2 heterocycles. The van der Waals surface area contributed by atoms with Crippen molar-refractivity contribution in [3.8, 4) is 0 Å². The Labute approximate surface area is 186 Å². The van der Waals surface area contributed by atoms with Gasteiger partial charge in [-0.3, -0.25) is 4.79 Å². The van der Waals surface area contributed by atoms with E-state index in [4.69, 9.17) is 16.6 Å². The SMILES string of the molecule is CCCSc1nc(NCC(C)C)c2cnn(CCNC(=O)c3ccc(Cl)cc3)c2n1. The second kappa shape index (κ2) is 10.6. The summed E-state index contributed by atoms with van der Waals surface area (Å²) in [5.74, 6) is 2.13. The summed E-state index contributed by atoms with van der Waals surface area (Å²) in [6.07, 6.45) is 2.84. The summed E-state index contributed by atoms with van der Waals surface area (Å²) in [4.78, 5) is 21.7. The Hall–Kier alpha value is -2.32. The number of fused-ring (bicyclic) bond motifs is 1. The molecule has 2 N–H and O–H groups in total. The molecular formula is C21H27ClN6OS. The third-order valence-corrected chi connectivity index (χ3v) is 5.61. The minimum absolute atomic E-state index is 0.142. The van der Waals surface area contributed by atoms with Crippen molar-refractivity contribution in [2.75, 3.05) is 24.2 Å². The number of aromatic nitrogens is 4. The molecular weight excluding hydrogens is 420 g/mol. The van der Waals surface area contributed by atoms with E-state index in [1.807, 2.05) is 4.68 Å². The van der Waals surface area contributed by atoms with Gasteiger partial charge in [-0.2, -0.15) is 5.10 Å². The van der Waals surface area contributed by atoms with Crippen LogP contribution in [0.3, 0.4) is 0 Å². The Morgan fingerprint density at radius 1 is 1.23 bits per heavy atom. The minimum atomic E-state index is -0.142. The lowest BCUT2D eigenvalue weighted by atomic mass is 10.2. The number of anilines is 1. The predicted molar refractivity (Wildman–Crippen MR) is 123 cm³/mol. The van der Waals surface area contributed by atoms with Crippen LogP contribution in [0.4, 0.5) is 5.82 Å². The first-order chi connectivity index (χ1) is 14.5. The number of hydrogen-bond donors (Lipinski definition) is 2. The van der Waals surface area contributed by atoms with Crippen LogP contribution in [0, 0.1) is 5.92 Å². The van der Waals surface area contributed by atoms with Crippen molar-refractivity contribution in [3.05, 3.63) is 41.0 Å². The number of nitrogens with one attached hydrogen (secondary N) is 2. The average molecular weight is 447 g/mol. The molecule has 0 spiro atoms. The van der Waals surface area contributed by atoms with Crippen molar-refractivity contribution in [3.63, 3.8) is 0 Å². The van der Waals surface area contributed by atoms with Crippen LogP contribution in [0.1, 0.15) is 37.6 Å². The van der Waals surface area contributed by atoms with E-state index in [-0.39, 0.29) is 5.91 Å². The van der Waals surface area contributed by atoms with E-state index >= 15 is 0 Å². The minimum Gasteiger partial charge on any atom is -0.369 e. The summed E-state index contributed by atoms with van der Waals surface area (Å²) >= 11 is 7.52. The fourth-order valence-corrected chi connectivity index (χ4v) is 3.59. The fraction of sp³-hybridized carbons (Fsp3) is 0.429. The van der Waals surface area contributed by atoms with Crippen LogP contribution in [0.25, 0.3) is 11.0 Å². The number of nitrogens with zero attached hydrogens (tertiary/aromatic N) is 4. The molecule has 0 aliphatic rings. The summed E-state index contributed by atoms with van der Waals surface area (Å²) in [6, 6.07) is 6.82. The largest absolute Gasteiger partial charge is 0.369 e. The van der Waals surface area contributed by atoms with E-state index in [2.05, 4.69) is 41.5 Å². The van der Waals surface area contributed by atoms with Gasteiger partial charge in [0.05, 0.1) is 18.1 Å². The molecule has 9 heteroatoms. The molecule has 0 atom stereocenters. The number of rotatable bonds is 10. The Kier molecular flexibility index (Phi) is 7.93. The van der Waals surface area contributed by atoms with Crippen molar-refractivity contribution in [1.82, 2.24) is 25.1 Å². The molecule has 0 aliphatic heterocycles. The second-order valence-corrected chi connectivity index (χ2v) is 8.84. The standard InChI is InChI=1S/C21H27ClN6OS/c1-4-11-30-21-26-18(24-12-14(2)3)17-13-25-28(19(17)27-21)10-9-23-20(29)15-5-7-16(22)8-6-15/h5-8,13-14H,4,9-12H2,1-3H3,(H,23,29)(H,24,26,27). The van der Waals surface area contributed by atoms with Gasteiger partial charge in [0, 0.05) is 29.4 Å². The normalized spacial score (nSPS) is 11.2. The summed E-state index contributed by atoms with van der Waals surface area (Å²) in [6.45, 7) is 8.23. The zero-order valence-electron chi connectivity index (χ0n) is 17.5. The van der Waals surface area contributed by atoms with E-state index in [0.717, 1.165) is 40.7 Å². The van der Waals surface area contributed by atoms with E-state index in [1.54, 1.807) is 42.2 Å². The molecule has 0 radical (unpaired) electrons. The van der Waals surface area contributed by atoms with Gasteiger partial charge in [-0.05, 0) is 36.6 Å². The molecule has 0 saturated heterocycles. The smallest absolute Gasteiger partial charge is 0.251 e. The van der Waals surface area contributed by atoms with Crippen LogP contribution in [0.15, 0.2) is 35.6 Å². The van der Waals surface area contributed by atoms with Crippen molar-refractivity contribution < 1.29 is 4.79 Å². The van der Waals surface area contributed by atoms with Crippen molar-refractivity contribution in [2.24, 2.45) is 5.92 Å². The second-order valence-electron chi connectivity index (χ2n) is 7.35. The maximum Gasteiger partial charge on any atom is 0.251 e. The molecule has 30 heavy (non-hydrogen) atoms. The molecule has 2 aromatic heterocycles. The van der Waals surface area contributed by atoms with Gasteiger partial charge in [0.1, 0.15) is 5.82 Å². The molecule has 3 aromatic rings. The summed E-state index contributed by atoms with van der Waals surface area (Å²) in [5, 5.41) is 13.1. The maximum atomic E-state index is 12.3. The predicted octanol–water partition coefficient (Wildman–Crippen LogP) is 4.48. The maximum absolute atomic E-state index is 12.3. The Morgan fingerprint density at radius 3 is 2.70 bits per heavy atom. The zero-order valence-corrected chi connectivity index (χ0v) is 19.1.